The average Bonchev–Trinajstić information content (AvgIpc) is 3.18. The lowest BCUT2D eigenvalue weighted by atomic mass is 10.2. The van der Waals surface area contributed by atoms with Crippen molar-refractivity contribution in [2.45, 2.75) is 12.8 Å². The second kappa shape index (κ2) is 8.13. The van der Waals surface area contributed by atoms with Gasteiger partial charge in [0, 0.05) is 20.2 Å². The molecule has 0 radical (unpaired) electrons. The van der Waals surface area contributed by atoms with Gasteiger partial charge in [-0.15, -0.1) is 0 Å². The zero-order chi connectivity index (χ0) is 22.9. The summed E-state index contributed by atoms with van der Waals surface area (Å²) in [6.45, 7) is -0.403. The van der Waals surface area contributed by atoms with Crippen molar-refractivity contribution in [1.82, 2.24) is 18.9 Å². The number of rotatable bonds is 5. The summed E-state index contributed by atoms with van der Waals surface area (Å²) in [4.78, 5) is 36.2. The number of halogens is 3. The first-order valence-corrected chi connectivity index (χ1v) is 8.77. The molecule has 0 spiro atoms. The molecule has 0 atom stereocenters. The van der Waals surface area contributed by atoms with Gasteiger partial charge in [0.25, 0.3) is 5.56 Å². The summed E-state index contributed by atoms with van der Waals surface area (Å²) in [5.74, 6) is -0.976. The van der Waals surface area contributed by atoms with Crippen molar-refractivity contribution in [2.24, 2.45) is 14.1 Å². The molecule has 164 valence electrons. The van der Waals surface area contributed by atoms with Crippen LogP contribution < -0.4 is 16.0 Å². The SMILES string of the molecule is COc1cn(-c2cccc(C(F)(F)F)c2)nc1C(=O)OCc1cc(=O)n(C)c(=O)n1C. The molecule has 1 aromatic carbocycles. The zero-order valence-corrected chi connectivity index (χ0v) is 16.6. The van der Waals surface area contributed by atoms with Crippen molar-refractivity contribution in [1.29, 1.82) is 0 Å². The van der Waals surface area contributed by atoms with E-state index in [-0.39, 0.29) is 22.8 Å². The van der Waals surface area contributed by atoms with Crippen LogP contribution in [0.4, 0.5) is 13.2 Å². The number of esters is 1. The fraction of sp³-hybridized carbons (Fsp3) is 0.263. The molecule has 0 aliphatic rings. The highest BCUT2D eigenvalue weighted by atomic mass is 19.4. The molecule has 0 fully saturated rings. The number of hydrogen-bond donors (Lipinski definition) is 0. The Morgan fingerprint density at radius 3 is 2.48 bits per heavy atom. The lowest BCUT2D eigenvalue weighted by Crippen LogP contribution is -2.38. The Morgan fingerprint density at radius 2 is 1.84 bits per heavy atom. The number of carbonyl (C=O) groups excluding carboxylic acids is 1. The lowest BCUT2D eigenvalue weighted by molar-refractivity contribution is -0.137. The molecule has 0 saturated carbocycles. The normalized spacial score (nSPS) is 11.4. The summed E-state index contributed by atoms with van der Waals surface area (Å²) >= 11 is 0. The van der Waals surface area contributed by atoms with Crippen LogP contribution in [0.1, 0.15) is 21.7 Å². The van der Waals surface area contributed by atoms with E-state index >= 15 is 0 Å². The van der Waals surface area contributed by atoms with Crippen LogP contribution >= 0.6 is 0 Å². The molecule has 2 heterocycles. The molecule has 2 aromatic heterocycles. The van der Waals surface area contributed by atoms with E-state index in [1.165, 1.54) is 39.5 Å². The number of methoxy groups -OCH3 is 1. The first kappa shape index (κ1) is 21.9. The maximum atomic E-state index is 13.0. The Labute approximate surface area is 172 Å². The minimum absolute atomic E-state index is 0.0275. The average molecular weight is 438 g/mol. The molecule has 12 heteroatoms. The monoisotopic (exact) mass is 438 g/mol. The standard InChI is InChI=1S/C19H17F3N4O5/c1-24-13(8-15(27)25(2)18(24)29)10-31-17(28)16-14(30-3)9-26(23-16)12-6-4-5-11(7-12)19(20,21)22/h4-9H,10H2,1-3H3. The summed E-state index contributed by atoms with van der Waals surface area (Å²) in [6.07, 6.45) is -3.31. The smallest absolute Gasteiger partial charge is 0.416 e. The zero-order valence-electron chi connectivity index (χ0n) is 16.6. The fourth-order valence-corrected chi connectivity index (χ4v) is 2.73. The fourth-order valence-electron chi connectivity index (χ4n) is 2.73. The predicted octanol–water partition coefficient (Wildman–Crippen LogP) is 1.65. The maximum absolute atomic E-state index is 13.0. The van der Waals surface area contributed by atoms with Gasteiger partial charge in [0.15, 0.2) is 5.75 Å². The Bertz CT molecular complexity index is 1260. The van der Waals surface area contributed by atoms with Gasteiger partial charge in [-0.1, -0.05) is 6.07 Å². The van der Waals surface area contributed by atoms with E-state index < -0.39 is 35.6 Å². The van der Waals surface area contributed by atoms with Crippen LogP contribution in [0.15, 0.2) is 46.1 Å². The number of benzene rings is 1. The van der Waals surface area contributed by atoms with Gasteiger partial charge in [-0.3, -0.25) is 13.9 Å². The molecule has 31 heavy (non-hydrogen) atoms. The van der Waals surface area contributed by atoms with Crippen molar-refractivity contribution >= 4 is 5.97 Å². The Balaban J connectivity index is 1.88. The van der Waals surface area contributed by atoms with Gasteiger partial charge in [-0.05, 0) is 18.2 Å². The van der Waals surface area contributed by atoms with Crippen molar-refractivity contribution in [3.8, 4) is 11.4 Å². The van der Waals surface area contributed by atoms with Crippen LogP contribution in [-0.2, 0) is 31.6 Å². The highest BCUT2D eigenvalue weighted by Gasteiger charge is 2.31. The van der Waals surface area contributed by atoms with Crippen LogP contribution in [0.3, 0.4) is 0 Å². The summed E-state index contributed by atoms with van der Waals surface area (Å²) in [5, 5.41) is 3.97. The summed E-state index contributed by atoms with van der Waals surface area (Å²) in [6, 6.07) is 5.52. The molecule has 0 bridgehead atoms. The van der Waals surface area contributed by atoms with Gasteiger partial charge in [0.05, 0.1) is 30.3 Å². The van der Waals surface area contributed by atoms with Crippen molar-refractivity contribution in [3.63, 3.8) is 0 Å². The number of nitrogens with zero attached hydrogens (tertiary/aromatic N) is 4. The van der Waals surface area contributed by atoms with Gasteiger partial charge in [-0.2, -0.15) is 18.3 Å². The molecular weight excluding hydrogens is 421 g/mol. The van der Waals surface area contributed by atoms with E-state index in [9.17, 15) is 27.6 Å². The molecule has 9 nitrogen and oxygen atoms in total. The quantitative estimate of drug-likeness (QED) is 0.562. The molecule has 0 aliphatic carbocycles. The second-order valence-corrected chi connectivity index (χ2v) is 6.49. The molecule has 0 unspecified atom stereocenters. The second-order valence-electron chi connectivity index (χ2n) is 6.49. The highest BCUT2D eigenvalue weighted by Crippen LogP contribution is 2.30. The van der Waals surface area contributed by atoms with Crippen LogP contribution in [-0.4, -0.2) is 32.0 Å². The van der Waals surface area contributed by atoms with Crippen LogP contribution in [0.25, 0.3) is 5.69 Å². The predicted molar refractivity (Wildman–Crippen MR) is 101 cm³/mol. The molecule has 0 amide bonds. The molecule has 3 rings (SSSR count). The highest BCUT2D eigenvalue weighted by molar-refractivity contribution is 5.90. The number of ether oxygens (including phenoxy) is 2. The first-order chi connectivity index (χ1) is 14.5. The molecular formula is C19H17F3N4O5. The lowest BCUT2D eigenvalue weighted by Gasteiger charge is -2.10. The molecule has 0 saturated heterocycles. The number of carbonyl (C=O) groups is 1. The van der Waals surface area contributed by atoms with E-state index in [0.717, 1.165) is 32.0 Å². The molecule has 0 N–H and O–H groups in total. The third-order valence-corrected chi connectivity index (χ3v) is 4.51. The molecule has 0 aliphatic heterocycles. The summed E-state index contributed by atoms with van der Waals surface area (Å²) < 4.78 is 52.2. The van der Waals surface area contributed by atoms with Gasteiger partial charge < -0.3 is 9.47 Å². The molecule has 3 aromatic rings. The number of aromatic nitrogens is 4. The number of hydrogen-bond acceptors (Lipinski definition) is 6. The van der Waals surface area contributed by atoms with E-state index in [2.05, 4.69) is 5.10 Å². The third kappa shape index (κ3) is 4.37. The minimum Gasteiger partial charge on any atom is -0.493 e. The van der Waals surface area contributed by atoms with E-state index in [1.807, 2.05) is 0 Å². The maximum Gasteiger partial charge on any atom is 0.416 e. The van der Waals surface area contributed by atoms with Crippen LogP contribution in [0, 0.1) is 0 Å². The summed E-state index contributed by atoms with van der Waals surface area (Å²) in [7, 11) is 3.98. The van der Waals surface area contributed by atoms with Gasteiger partial charge in [0.1, 0.15) is 6.61 Å². The van der Waals surface area contributed by atoms with E-state index in [4.69, 9.17) is 9.47 Å². The van der Waals surface area contributed by atoms with Crippen molar-refractivity contribution < 1.29 is 27.4 Å². The number of alkyl halides is 3. The Hall–Kier alpha value is -3.83. The minimum atomic E-state index is -4.54. The van der Waals surface area contributed by atoms with E-state index in [1.54, 1.807) is 0 Å². The Morgan fingerprint density at radius 1 is 1.13 bits per heavy atom. The van der Waals surface area contributed by atoms with Crippen molar-refractivity contribution in [2.75, 3.05) is 7.11 Å². The first-order valence-electron chi connectivity index (χ1n) is 8.77. The van der Waals surface area contributed by atoms with Crippen molar-refractivity contribution in [3.05, 3.63) is 74.3 Å². The summed E-state index contributed by atoms with van der Waals surface area (Å²) in [5.41, 5.74) is -2.12. The van der Waals surface area contributed by atoms with Gasteiger partial charge in [-0.25, -0.2) is 14.3 Å². The van der Waals surface area contributed by atoms with Crippen LogP contribution in [0.2, 0.25) is 0 Å². The van der Waals surface area contributed by atoms with Gasteiger partial charge >= 0.3 is 17.8 Å². The largest absolute Gasteiger partial charge is 0.493 e. The third-order valence-electron chi connectivity index (χ3n) is 4.51. The van der Waals surface area contributed by atoms with Crippen LogP contribution in [0.5, 0.6) is 5.75 Å². The van der Waals surface area contributed by atoms with E-state index in [0.29, 0.717) is 0 Å². The Kier molecular flexibility index (Phi) is 5.73. The topological polar surface area (TPSA) is 97.4 Å². The van der Waals surface area contributed by atoms with Gasteiger partial charge in [0.2, 0.25) is 5.69 Å².